The van der Waals surface area contributed by atoms with Crippen LogP contribution >= 0.6 is 0 Å². The van der Waals surface area contributed by atoms with Gasteiger partial charge in [-0.1, -0.05) is 115 Å². The predicted molar refractivity (Wildman–Crippen MR) is 225 cm³/mol. The topological polar surface area (TPSA) is 33.5 Å². The Morgan fingerprint density at radius 2 is 0.889 bits per heavy atom. The zero-order chi connectivity index (χ0) is 36.0. The highest BCUT2D eigenvalue weighted by Gasteiger charge is 2.44. The Hall–Kier alpha value is -7.29. The zero-order valence-electron chi connectivity index (χ0n) is 29.4. The number of anilines is 9. The monoisotopic (exact) mass is 688 g/mol. The first kappa shape index (κ1) is 31.5. The fraction of sp³-hybridized carbons (Fsp3) is 0. The number of nitriles is 1. The molecule has 0 atom stereocenters. The standard InChI is InChI=1S/C49H33BN4/c51-34-35-25-27-36(28-26-35)37-29-30-46-44(31-37)50-43-23-13-14-24-45(43)53(40-19-9-3-10-20-40)47-32-42(33-48(49(47)50)54(46)41-21-11-4-12-22-41)52(38-15-5-1-6-16-38)39-17-7-2-8-18-39/h1-33H. The van der Waals surface area contributed by atoms with Crippen molar-refractivity contribution in [1.82, 2.24) is 0 Å². The number of para-hydroxylation sites is 5. The van der Waals surface area contributed by atoms with Crippen LogP contribution in [0.2, 0.25) is 0 Å². The summed E-state index contributed by atoms with van der Waals surface area (Å²) in [5.41, 5.74) is 16.7. The molecule has 0 fully saturated rings. The van der Waals surface area contributed by atoms with Crippen LogP contribution in [0, 0.1) is 11.3 Å². The van der Waals surface area contributed by atoms with Crippen molar-refractivity contribution in [2.24, 2.45) is 0 Å². The molecule has 2 aliphatic heterocycles. The highest BCUT2D eigenvalue weighted by atomic mass is 15.2. The van der Waals surface area contributed by atoms with Crippen molar-refractivity contribution in [2.75, 3.05) is 14.7 Å². The third-order valence-corrected chi connectivity index (χ3v) is 10.6. The molecule has 8 aromatic carbocycles. The molecule has 0 bridgehead atoms. The second-order valence-corrected chi connectivity index (χ2v) is 13.7. The summed E-state index contributed by atoms with van der Waals surface area (Å²) in [5.74, 6) is 0. The second-order valence-electron chi connectivity index (χ2n) is 13.7. The lowest BCUT2D eigenvalue weighted by Crippen LogP contribution is -2.61. The van der Waals surface area contributed by atoms with Crippen molar-refractivity contribution >= 4 is 74.3 Å². The summed E-state index contributed by atoms with van der Waals surface area (Å²) in [5, 5.41) is 9.50. The molecule has 0 spiro atoms. The molecule has 8 aromatic rings. The van der Waals surface area contributed by atoms with E-state index in [1.807, 2.05) is 12.1 Å². The van der Waals surface area contributed by atoms with Gasteiger partial charge < -0.3 is 14.7 Å². The van der Waals surface area contributed by atoms with Crippen LogP contribution in [0.5, 0.6) is 0 Å². The van der Waals surface area contributed by atoms with Gasteiger partial charge in [0.05, 0.1) is 17.3 Å². The molecule has 0 saturated carbocycles. The normalized spacial score (nSPS) is 12.3. The molecule has 54 heavy (non-hydrogen) atoms. The van der Waals surface area contributed by atoms with Gasteiger partial charge in [-0.3, -0.25) is 0 Å². The predicted octanol–water partition coefficient (Wildman–Crippen LogP) is 10.8. The maximum atomic E-state index is 9.50. The quantitative estimate of drug-likeness (QED) is 0.163. The molecule has 10 rings (SSSR count). The number of hydrogen-bond acceptors (Lipinski definition) is 4. The molecular formula is C49H33BN4. The number of nitrogens with zero attached hydrogens (tertiary/aromatic N) is 4. The van der Waals surface area contributed by atoms with Crippen LogP contribution in [0.3, 0.4) is 0 Å². The van der Waals surface area contributed by atoms with E-state index in [2.05, 4.69) is 209 Å². The fourth-order valence-corrected chi connectivity index (χ4v) is 8.29. The van der Waals surface area contributed by atoms with Gasteiger partial charge in [0.15, 0.2) is 0 Å². The molecule has 0 radical (unpaired) electrons. The molecule has 0 saturated heterocycles. The average molecular weight is 689 g/mol. The average Bonchev–Trinajstić information content (AvgIpc) is 3.25. The summed E-state index contributed by atoms with van der Waals surface area (Å²) in [6.45, 7) is -0.0320. The first-order chi connectivity index (χ1) is 26.8. The van der Waals surface area contributed by atoms with Crippen LogP contribution in [0.1, 0.15) is 5.56 Å². The van der Waals surface area contributed by atoms with Gasteiger partial charge in [-0.25, -0.2) is 0 Å². The van der Waals surface area contributed by atoms with Crippen molar-refractivity contribution in [2.45, 2.75) is 0 Å². The minimum Gasteiger partial charge on any atom is -0.311 e. The minimum absolute atomic E-state index is 0.0320. The lowest BCUT2D eigenvalue weighted by atomic mass is 9.33. The van der Waals surface area contributed by atoms with Gasteiger partial charge in [0.1, 0.15) is 0 Å². The smallest absolute Gasteiger partial charge is 0.252 e. The Morgan fingerprint density at radius 3 is 1.44 bits per heavy atom. The van der Waals surface area contributed by atoms with Crippen molar-refractivity contribution in [3.63, 3.8) is 0 Å². The van der Waals surface area contributed by atoms with E-state index < -0.39 is 0 Å². The Kier molecular flexibility index (Phi) is 7.60. The Morgan fingerprint density at radius 1 is 0.407 bits per heavy atom. The summed E-state index contributed by atoms with van der Waals surface area (Å²) < 4.78 is 0. The van der Waals surface area contributed by atoms with Crippen LogP contribution in [0.15, 0.2) is 200 Å². The molecule has 0 amide bonds. The van der Waals surface area contributed by atoms with E-state index >= 15 is 0 Å². The number of benzene rings is 8. The molecule has 2 heterocycles. The van der Waals surface area contributed by atoms with Crippen LogP contribution in [-0.4, -0.2) is 6.71 Å². The molecular weight excluding hydrogens is 655 g/mol. The van der Waals surface area contributed by atoms with E-state index in [0.29, 0.717) is 5.56 Å². The SMILES string of the molecule is N#Cc1ccc(-c2ccc3c(c2)B2c4ccccc4N(c4ccccc4)c4cc(N(c5ccccc5)c5ccccc5)cc(c42)N3c2ccccc2)cc1. The van der Waals surface area contributed by atoms with E-state index in [9.17, 15) is 5.26 Å². The van der Waals surface area contributed by atoms with Crippen molar-refractivity contribution in [3.8, 4) is 17.2 Å². The van der Waals surface area contributed by atoms with E-state index in [4.69, 9.17) is 0 Å². The van der Waals surface area contributed by atoms with Crippen LogP contribution in [-0.2, 0) is 0 Å². The Bertz CT molecular complexity index is 2620. The Balaban J connectivity index is 1.31. The third kappa shape index (κ3) is 5.16. The molecule has 0 N–H and O–H groups in total. The lowest BCUT2D eigenvalue weighted by Gasteiger charge is -2.45. The molecule has 5 heteroatoms. The van der Waals surface area contributed by atoms with Gasteiger partial charge in [-0.15, -0.1) is 0 Å². The van der Waals surface area contributed by atoms with Gasteiger partial charge >= 0.3 is 0 Å². The van der Waals surface area contributed by atoms with E-state index in [-0.39, 0.29) is 6.71 Å². The second kappa shape index (κ2) is 13.0. The van der Waals surface area contributed by atoms with Gasteiger partial charge in [0, 0.05) is 45.5 Å². The van der Waals surface area contributed by atoms with Gasteiger partial charge in [-0.2, -0.15) is 5.26 Å². The number of hydrogen-bond donors (Lipinski definition) is 0. The van der Waals surface area contributed by atoms with E-state index in [0.717, 1.165) is 62.3 Å². The molecule has 0 unspecified atom stereocenters. The third-order valence-electron chi connectivity index (χ3n) is 10.6. The molecule has 252 valence electrons. The van der Waals surface area contributed by atoms with Gasteiger partial charge in [-0.05, 0) is 112 Å². The summed E-state index contributed by atoms with van der Waals surface area (Å²) in [7, 11) is 0. The maximum absolute atomic E-state index is 9.50. The first-order valence-electron chi connectivity index (χ1n) is 18.3. The van der Waals surface area contributed by atoms with Crippen LogP contribution < -0.4 is 31.1 Å². The van der Waals surface area contributed by atoms with E-state index in [1.165, 1.54) is 16.4 Å². The van der Waals surface area contributed by atoms with E-state index in [1.54, 1.807) is 0 Å². The first-order valence-corrected chi connectivity index (χ1v) is 18.3. The molecule has 4 nitrogen and oxygen atoms in total. The van der Waals surface area contributed by atoms with Gasteiger partial charge in [0.25, 0.3) is 6.71 Å². The molecule has 0 aliphatic carbocycles. The fourth-order valence-electron chi connectivity index (χ4n) is 8.29. The maximum Gasteiger partial charge on any atom is 0.252 e. The largest absolute Gasteiger partial charge is 0.311 e. The molecule has 0 aromatic heterocycles. The van der Waals surface area contributed by atoms with Gasteiger partial charge in [0.2, 0.25) is 0 Å². The van der Waals surface area contributed by atoms with Crippen LogP contribution in [0.4, 0.5) is 51.2 Å². The number of rotatable bonds is 6. The summed E-state index contributed by atoms with van der Waals surface area (Å²) in [6.07, 6.45) is 0. The highest BCUT2D eigenvalue weighted by Crippen LogP contribution is 2.48. The van der Waals surface area contributed by atoms with Crippen molar-refractivity contribution in [3.05, 3.63) is 206 Å². The van der Waals surface area contributed by atoms with Crippen LogP contribution in [0.25, 0.3) is 11.1 Å². The highest BCUT2D eigenvalue weighted by molar-refractivity contribution is 7.00. The zero-order valence-corrected chi connectivity index (χ0v) is 29.4. The Labute approximate surface area is 316 Å². The number of fused-ring (bicyclic) bond motifs is 4. The summed E-state index contributed by atoms with van der Waals surface area (Å²) in [6, 6.07) is 73.4. The van der Waals surface area contributed by atoms with Crippen molar-refractivity contribution < 1.29 is 0 Å². The minimum atomic E-state index is -0.0320. The summed E-state index contributed by atoms with van der Waals surface area (Å²) in [4.78, 5) is 7.26. The molecule has 2 aliphatic rings. The van der Waals surface area contributed by atoms with Crippen molar-refractivity contribution in [1.29, 1.82) is 5.26 Å². The summed E-state index contributed by atoms with van der Waals surface area (Å²) >= 11 is 0. The lowest BCUT2D eigenvalue weighted by molar-refractivity contribution is 1.23.